The first kappa shape index (κ1) is 12.6. The highest BCUT2D eigenvalue weighted by Gasteiger charge is 2.25. The molecule has 1 unspecified atom stereocenters. The van der Waals surface area contributed by atoms with Crippen molar-refractivity contribution in [3.63, 3.8) is 0 Å². The van der Waals surface area contributed by atoms with Gasteiger partial charge >= 0.3 is 0 Å². The maximum atomic E-state index is 6.16. The zero-order valence-electron chi connectivity index (χ0n) is 9.04. The first-order chi connectivity index (χ1) is 8.65. The summed E-state index contributed by atoms with van der Waals surface area (Å²) < 4.78 is 8.28. The van der Waals surface area contributed by atoms with Crippen LogP contribution in [0.5, 0.6) is 5.75 Å². The molecule has 6 heteroatoms. The number of para-hydroxylation sites is 1. The van der Waals surface area contributed by atoms with Gasteiger partial charge in [0.05, 0.1) is 21.0 Å². The van der Waals surface area contributed by atoms with Gasteiger partial charge in [-0.3, -0.25) is 0 Å². The summed E-state index contributed by atoms with van der Waals surface area (Å²) in [7, 11) is 0. The fourth-order valence-electron chi connectivity index (χ4n) is 1.90. The largest absolute Gasteiger partial charge is 0.480 e. The van der Waals surface area contributed by atoms with Gasteiger partial charge in [-0.2, -0.15) is 0 Å². The topological polar surface area (TPSA) is 21.3 Å². The number of hydrogen-bond acceptors (Lipinski definition) is 3. The van der Waals surface area contributed by atoms with Crippen LogP contribution in [-0.4, -0.2) is 6.54 Å². The van der Waals surface area contributed by atoms with Crippen LogP contribution in [0.3, 0.4) is 0 Å². The Morgan fingerprint density at radius 1 is 1.39 bits per heavy atom. The summed E-state index contributed by atoms with van der Waals surface area (Å²) in [4.78, 5) is 0. The van der Waals surface area contributed by atoms with Crippen molar-refractivity contribution in [3.05, 3.63) is 43.0 Å². The third-order valence-electron chi connectivity index (χ3n) is 2.73. The van der Waals surface area contributed by atoms with Gasteiger partial charge in [0.2, 0.25) is 0 Å². The van der Waals surface area contributed by atoms with Crippen LogP contribution >= 0.6 is 50.5 Å². The van der Waals surface area contributed by atoms with Crippen molar-refractivity contribution in [1.82, 2.24) is 0 Å². The van der Waals surface area contributed by atoms with Crippen molar-refractivity contribution in [2.75, 3.05) is 11.9 Å². The second kappa shape index (κ2) is 4.93. The van der Waals surface area contributed by atoms with E-state index in [1.165, 1.54) is 11.3 Å². The Kier molecular flexibility index (Phi) is 3.45. The zero-order chi connectivity index (χ0) is 12.7. The molecular formula is C12H8BrCl2NOS. The van der Waals surface area contributed by atoms with Crippen LogP contribution in [0, 0.1) is 0 Å². The molecule has 1 aliphatic rings. The number of anilines is 1. The van der Waals surface area contributed by atoms with E-state index in [-0.39, 0.29) is 6.10 Å². The summed E-state index contributed by atoms with van der Waals surface area (Å²) in [5, 5.41) is 3.34. The fraction of sp³-hybridized carbons (Fsp3) is 0.167. The van der Waals surface area contributed by atoms with E-state index in [1.54, 1.807) is 0 Å². The van der Waals surface area contributed by atoms with Gasteiger partial charge in [-0.25, -0.2) is 0 Å². The molecule has 2 aromatic rings. The number of hydrogen-bond donors (Lipinski definition) is 1. The summed E-state index contributed by atoms with van der Waals surface area (Å²) >= 11 is 17.0. The number of nitrogens with one attached hydrogen (secondary N) is 1. The molecule has 0 radical (unpaired) electrons. The van der Waals surface area contributed by atoms with Crippen molar-refractivity contribution in [2.24, 2.45) is 0 Å². The van der Waals surface area contributed by atoms with Gasteiger partial charge in [-0.15, -0.1) is 11.3 Å². The monoisotopic (exact) mass is 363 g/mol. The molecule has 1 aliphatic heterocycles. The Morgan fingerprint density at radius 3 is 2.94 bits per heavy atom. The van der Waals surface area contributed by atoms with Crippen LogP contribution in [0.15, 0.2) is 28.7 Å². The molecule has 3 rings (SSSR count). The second-order valence-electron chi connectivity index (χ2n) is 3.88. The highest BCUT2D eigenvalue weighted by atomic mass is 79.9. The van der Waals surface area contributed by atoms with E-state index in [0.717, 1.165) is 21.5 Å². The molecule has 2 heterocycles. The Labute approximate surface area is 127 Å². The van der Waals surface area contributed by atoms with Crippen molar-refractivity contribution in [3.8, 4) is 5.75 Å². The van der Waals surface area contributed by atoms with E-state index in [0.29, 0.717) is 15.2 Å². The summed E-state index contributed by atoms with van der Waals surface area (Å²) in [6.45, 7) is 0.677. The molecule has 2 nitrogen and oxygen atoms in total. The van der Waals surface area contributed by atoms with Gasteiger partial charge in [-0.1, -0.05) is 29.3 Å². The van der Waals surface area contributed by atoms with E-state index in [4.69, 9.17) is 27.9 Å². The van der Waals surface area contributed by atoms with Crippen LogP contribution < -0.4 is 10.1 Å². The number of thiophene rings is 1. The predicted octanol–water partition coefficient (Wildman–Crippen LogP) is 5.36. The Morgan fingerprint density at radius 2 is 2.22 bits per heavy atom. The van der Waals surface area contributed by atoms with E-state index in [2.05, 4.69) is 21.2 Å². The van der Waals surface area contributed by atoms with Crippen LogP contribution in [0.1, 0.15) is 11.7 Å². The van der Waals surface area contributed by atoms with Crippen LogP contribution in [-0.2, 0) is 0 Å². The average Bonchev–Trinajstić information content (AvgIpc) is 2.69. The smallest absolute Gasteiger partial charge is 0.157 e. The molecule has 1 aromatic heterocycles. The molecule has 0 aliphatic carbocycles. The van der Waals surface area contributed by atoms with E-state index < -0.39 is 0 Å². The lowest BCUT2D eigenvalue weighted by Gasteiger charge is -2.28. The standard InChI is InChI=1S/C12H8BrCl2NOS/c13-7-2-1-3-8-11(7)17-9(5-16-8)6-4-10(14)18-12(6)15/h1-4,9,16H,5H2. The molecule has 0 saturated heterocycles. The molecular weight excluding hydrogens is 357 g/mol. The fourth-order valence-corrected chi connectivity index (χ4v) is 3.92. The molecule has 0 fully saturated rings. The number of ether oxygens (including phenoxy) is 1. The third-order valence-corrected chi connectivity index (χ3v) is 4.88. The lowest BCUT2D eigenvalue weighted by atomic mass is 10.1. The van der Waals surface area contributed by atoms with Gasteiger partial charge in [-0.05, 0) is 34.1 Å². The van der Waals surface area contributed by atoms with Crippen molar-refractivity contribution in [1.29, 1.82) is 0 Å². The molecule has 0 saturated carbocycles. The quantitative estimate of drug-likeness (QED) is 0.735. The van der Waals surface area contributed by atoms with Crippen LogP contribution in [0.25, 0.3) is 0 Å². The Bertz CT molecular complexity index is 602. The maximum absolute atomic E-state index is 6.16. The molecule has 0 amide bonds. The predicted molar refractivity (Wildman–Crippen MR) is 80.3 cm³/mol. The minimum atomic E-state index is -0.118. The Balaban J connectivity index is 1.95. The molecule has 0 bridgehead atoms. The number of rotatable bonds is 1. The molecule has 1 N–H and O–H groups in total. The number of halogens is 3. The average molecular weight is 365 g/mol. The third kappa shape index (κ3) is 2.23. The molecule has 1 atom stereocenters. The molecule has 18 heavy (non-hydrogen) atoms. The Hall–Kier alpha value is -0.420. The number of fused-ring (bicyclic) bond motifs is 1. The van der Waals surface area contributed by atoms with Gasteiger partial charge in [0.1, 0.15) is 10.4 Å². The summed E-state index contributed by atoms with van der Waals surface area (Å²) in [6.07, 6.45) is -0.118. The minimum Gasteiger partial charge on any atom is -0.480 e. The molecule has 0 spiro atoms. The van der Waals surface area contributed by atoms with Gasteiger partial charge in [0.25, 0.3) is 0 Å². The van der Waals surface area contributed by atoms with Gasteiger partial charge in [0, 0.05) is 5.56 Å². The van der Waals surface area contributed by atoms with E-state index in [9.17, 15) is 0 Å². The summed E-state index contributed by atoms with van der Waals surface area (Å²) in [6, 6.07) is 7.76. The minimum absolute atomic E-state index is 0.118. The lowest BCUT2D eigenvalue weighted by molar-refractivity contribution is 0.209. The highest BCUT2D eigenvalue weighted by Crippen LogP contribution is 2.43. The normalized spacial score (nSPS) is 17.8. The van der Waals surface area contributed by atoms with Crippen molar-refractivity contribution >= 4 is 56.2 Å². The van der Waals surface area contributed by atoms with Crippen LogP contribution in [0.2, 0.25) is 8.67 Å². The number of benzene rings is 1. The lowest BCUT2D eigenvalue weighted by Crippen LogP contribution is -2.23. The summed E-state index contributed by atoms with van der Waals surface area (Å²) in [5.74, 6) is 0.812. The first-order valence-corrected chi connectivity index (χ1v) is 7.65. The van der Waals surface area contributed by atoms with Crippen molar-refractivity contribution in [2.45, 2.75) is 6.10 Å². The second-order valence-corrected chi connectivity index (χ2v) is 7.02. The van der Waals surface area contributed by atoms with E-state index in [1.807, 2.05) is 24.3 Å². The molecule has 1 aromatic carbocycles. The maximum Gasteiger partial charge on any atom is 0.157 e. The SMILES string of the molecule is Clc1cc(C2CNc3cccc(Br)c3O2)c(Cl)s1. The zero-order valence-corrected chi connectivity index (χ0v) is 13.0. The highest BCUT2D eigenvalue weighted by molar-refractivity contribution is 9.10. The summed E-state index contributed by atoms with van der Waals surface area (Å²) in [5.41, 5.74) is 1.92. The van der Waals surface area contributed by atoms with Crippen LogP contribution in [0.4, 0.5) is 5.69 Å². The van der Waals surface area contributed by atoms with Crippen molar-refractivity contribution < 1.29 is 4.74 Å². The molecule has 94 valence electrons. The van der Waals surface area contributed by atoms with Gasteiger partial charge < -0.3 is 10.1 Å². The van der Waals surface area contributed by atoms with E-state index >= 15 is 0 Å². The van der Waals surface area contributed by atoms with Gasteiger partial charge in [0.15, 0.2) is 5.75 Å². The first-order valence-electron chi connectivity index (χ1n) is 5.29.